The van der Waals surface area contributed by atoms with E-state index in [0.717, 1.165) is 73.8 Å². The van der Waals surface area contributed by atoms with E-state index in [1.165, 1.54) is 18.0 Å². The third-order valence-corrected chi connectivity index (χ3v) is 7.98. The first-order valence-electron chi connectivity index (χ1n) is 14.6. The van der Waals surface area contributed by atoms with E-state index < -0.39 is 11.9 Å². The molecule has 5 rings (SSSR count). The fourth-order valence-electron chi connectivity index (χ4n) is 5.64. The van der Waals surface area contributed by atoms with Crippen LogP contribution in [-0.4, -0.2) is 58.0 Å². The van der Waals surface area contributed by atoms with Gasteiger partial charge in [-0.15, -0.1) is 0 Å². The number of hydrogen-bond donors (Lipinski definition) is 3. The normalized spacial score (nSPS) is 16.2. The Bertz CT molecular complexity index is 1390. The minimum absolute atomic E-state index is 0.0924. The van der Waals surface area contributed by atoms with Crippen molar-refractivity contribution in [3.05, 3.63) is 77.3 Å². The molecule has 214 valence electrons. The smallest absolute Gasteiger partial charge is 0.308 e. The Morgan fingerprint density at radius 2 is 1.95 bits per heavy atom. The first-order valence-corrected chi connectivity index (χ1v) is 14.6. The molecule has 4 heterocycles. The highest BCUT2D eigenvalue weighted by Crippen LogP contribution is 2.33. The molecule has 2 aromatic heterocycles. The SMILES string of the molecule is CCc1c(NC[C@H](CC(=O)/C=C/c2ccccc2)C(=O)O)ncnc1N1CCC(c2ccc3c(n2)NCCC3)CC1. The Kier molecular flexibility index (Phi) is 9.23. The highest BCUT2D eigenvalue weighted by Gasteiger charge is 2.26. The number of piperidine rings is 1. The van der Waals surface area contributed by atoms with Crippen molar-refractivity contribution in [2.24, 2.45) is 5.92 Å². The Hall–Kier alpha value is -4.27. The fraction of sp³-hybridized carbons (Fsp3) is 0.406. The molecule has 0 bridgehead atoms. The summed E-state index contributed by atoms with van der Waals surface area (Å²) in [5.74, 6) is 0.853. The monoisotopic (exact) mass is 554 g/mol. The van der Waals surface area contributed by atoms with E-state index in [4.69, 9.17) is 4.98 Å². The lowest BCUT2D eigenvalue weighted by atomic mass is 9.92. The summed E-state index contributed by atoms with van der Waals surface area (Å²) in [5.41, 5.74) is 4.32. The summed E-state index contributed by atoms with van der Waals surface area (Å²) in [6.45, 7) is 4.86. The number of aromatic nitrogens is 3. The molecule has 0 unspecified atom stereocenters. The minimum atomic E-state index is -1.01. The van der Waals surface area contributed by atoms with Crippen LogP contribution < -0.4 is 15.5 Å². The van der Waals surface area contributed by atoms with E-state index in [9.17, 15) is 14.7 Å². The second-order valence-corrected chi connectivity index (χ2v) is 10.7. The van der Waals surface area contributed by atoms with E-state index in [0.29, 0.717) is 18.2 Å². The molecule has 2 aliphatic rings. The molecule has 1 fully saturated rings. The molecular weight excluding hydrogens is 516 g/mol. The summed E-state index contributed by atoms with van der Waals surface area (Å²) in [6, 6.07) is 13.9. The first kappa shape index (κ1) is 28.3. The van der Waals surface area contributed by atoms with Crippen molar-refractivity contribution in [2.45, 2.75) is 51.4 Å². The van der Waals surface area contributed by atoms with Gasteiger partial charge in [0.1, 0.15) is 23.8 Å². The largest absolute Gasteiger partial charge is 0.481 e. The van der Waals surface area contributed by atoms with E-state index in [1.807, 2.05) is 30.3 Å². The van der Waals surface area contributed by atoms with Crippen LogP contribution in [0.25, 0.3) is 6.08 Å². The second-order valence-electron chi connectivity index (χ2n) is 10.7. The van der Waals surface area contributed by atoms with Crippen LogP contribution in [0.1, 0.15) is 60.9 Å². The van der Waals surface area contributed by atoms with Crippen LogP contribution in [0.2, 0.25) is 0 Å². The molecule has 1 atom stereocenters. The van der Waals surface area contributed by atoms with Crippen LogP contribution in [-0.2, 0) is 22.4 Å². The molecule has 0 spiro atoms. The van der Waals surface area contributed by atoms with Crippen LogP contribution in [0.4, 0.5) is 17.5 Å². The summed E-state index contributed by atoms with van der Waals surface area (Å²) in [7, 11) is 0. The average molecular weight is 555 g/mol. The molecule has 0 aliphatic carbocycles. The van der Waals surface area contributed by atoms with Crippen molar-refractivity contribution in [2.75, 3.05) is 41.7 Å². The number of anilines is 3. The van der Waals surface area contributed by atoms with Gasteiger partial charge in [-0.2, -0.15) is 0 Å². The van der Waals surface area contributed by atoms with Gasteiger partial charge < -0.3 is 20.6 Å². The lowest BCUT2D eigenvalue weighted by molar-refractivity contribution is -0.142. The molecule has 3 N–H and O–H groups in total. The fourth-order valence-corrected chi connectivity index (χ4v) is 5.64. The number of fused-ring (bicyclic) bond motifs is 1. The van der Waals surface area contributed by atoms with Gasteiger partial charge in [0.15, 0.2) is 5.78 Å². The maximum absolute atomic E-state index is 12.5. The zero-order chi connectivity index (χ0) is 28.6. The third kappa shape index (κ3) is 7.09. The molecule has 0 radical (unpaired) electrons. The number of carbonyl (C=O) groups excluding carboxylic acids is 1. The van der Waals surface area contributed by atoms with Crippen molar-refractivity contribution >= 4 is 35.3 Å². The number of aliphatic carboxylic acids is 1. The van der Waals surface area contributed by atoms with E-state index in [2.05, 4.69) is 44.6 Å². The molecule has 0 saturated carbocycles. The summed E-state index contributed by atoms with van der Waals surface area (Å²) in [4.78, 5) is 40.8. The van der Waals surface area contributed by atoms with Crippen molar-refractivity contribution in [1.29, 1.82) is 0 Å². The number of rotatable bonds is 11. The number of carbonyl (C=O) groups is 2. The molecule has 41 heavy (non-hydrogen) atoms. The minimum Gasteiger partial charge on any atom is -0.481 e. The zero-order valence-electron chi connectivity index (χ0n) is 23.6. The first-order chi connectivity index (χ1) is 20.0. The lowest BCUT2D eigenvalue weighted by Crippen LogP contribution is -2.35. The number of ketones is 1. The van der Waals surface area contributed by atoms with Gasteiger partial charge in [0.2, 0.25) is 0 Å². The number of hydrogen-bond acceptors (Lipinski definition) is 8. The van der Waals surface area contributed by atoms with Gasteiger partial charge in [0.25, 0.3) is 0 Å². The molecular formula is C32H38N6O3. The zero-order valence-corrected chi connectivity index (χ0v) is 23.6. The Morgan fingerprint density at radius 3 is 2.71 bits per heavy atom. The molecule has 9 nitrogen and oxygen atoms in total. The van der Waals surface area contributed by atoms with Gasteiger partial charge in [-0.1, -0.05) is 49.4 Å². The predicted octanol–water partition coefficient (Wildman–Crippen LogP) is 4.96. The number of nitrogens with zero attached hydrogens (tertiary/aromatic N) is 4. The molecule has 2 aliphatic heterocycles. The van der Waals surface area contributed by atoms with Crippen LogP contribution in [0, 0.1) is 5.92 Å². The van der Waals surface area contributed by atoms with E-state index >= 15 is 0 Å². The Morgan fingerprint density at radius 1 is 1.15 bits per heavy atom. The summed E-state index contributed by atoms with van der Waals surface area (Å²) < 4.78 is 0. The number of benzene rings is 1. The number of nitrogens with one attached hydrogen (secondary N) is 2. The maximum Gasteiger partial charge on any atom is 0.308 e. The number of aryl methyl sites for hydroxylation is 1. The predicted molar refractivity (Wildman–Crippen MR) is 161 cm³/mol. The Labute approximate surface area is 241 Å². The molecule has 1 saturated heterocycles. The number of carboxylic acids is 1. The highest BCUT2D eigenvalue weighted by atomic mass is 16.4. The standard InChI is InChI=1S/C32H38N6O3/c1-2-27-30(34-20-25(32(40)41)19-26(39)12-10-22-7-4-3-5-8-22)35-21-36-31(27)38-17-14-23(15-18-38)28-13-11-24-9-6-16-33-29(24)37-28/h3-5,7-8,10-13,21,23,25H,2,6,9,14-20H2,1H3,(H,33,37)(H,40,41)(H,34,35,36)/b12-10+/t25-/m0/s1. The molecule has 0 amide bonds. The van der Waals surface area contributed by atoms with Crippen molar-refractivity contribution in [3.8, 4) is 0 Å². The quantitative estimate of drug-likeness (QED) is 0.282. The number of pyridine rings is 1. The van der Waals surface area contributed by atoms with Gasteiger partial charge in [-0.25, -0.2) is 15.0 Å². The summed E-state index contributed by atoms with van der Waals surface area (Å²) in [6.07, 6.45) is 9.52. The van der Waals surface area contributed by atoms with Gasteiger partial charge in [-0.05, 0) is 55.4 Å². The third-order valence-electron chi connectivity index (χ3n) is 7.98. The van der Waals surface area contributed by atoms with E-state index in [1.54, 1.807) is 6.08 Å². The summed E-state index contributed by atoms with van der Waals surface area (Å²) in [5, 5.41) is 16.4. The van der Waals surface area contributed by atoms with Crippen LogP contribution in [0.15, 0.2) is 54.9 Å². The van der Waals surface area contributed by atoms with Crippen LogP contribution >= 0.6 is 0 Å². The average Bonchev–Trinajstić information content (AvgIpc) is 3.02. The molecule has 3 aromatic rings. The number of allylic oxidation sites excluding steroid dienone is 1. The van der Waals surface area contributed by atoms with Crippen molar-refractivity contribution in [1.82, 2.24) is 15.0 Å². The van der Waals surface area contributed by atoms with Gasteiger partial charge >= 0.3 is 5.97 Å². The van der Waals surface area contributed by atoms with Crippen molar-refractivity contribution in [3.63, 3.8) is 0 Å². The van der Waals surface area contributed by atoms with Crippen LogP contribution in [0.5, 0.6) is 0 Å². The second kappa shape index (κ2) is 13.4. The van der Waals surface area contributed by atoms with Crippen molar-refractivity contribution < 1.29 is 14.7 Å². The van der Waals surface area contributed by atoms with Gasteiger partial charge in [0, 0.05) is 49.8 Å². The lowest BCUT2D eigenvalue weighted by Gasteiger charge is -2.34. The maximum atomic E-state index is 12.5. The van der Waals surface area contributed by atoms with Crippen LogP contribution in [0.3, 0.4) is 0 Å². The molecule has 1 aromatic carbocycles. The molecule has 9 heteroatoms. The highest BCUT2D eigenvalue weighted by molar-refractivity contribution is 5.95. The van der Waals surface area contributed by atoms with Gasteiger partial charge in [-0.3, -0.25) is 9.59 Å². The summed E-state index contributed by atoms with van der Waals surface area (Å²) >= 11 is 0. The topological polar surface area (TPSA) is 120 Å². The van der Waals surface area contributed by atoms with Gasteiger partial charge in [0.05, 0.1) is 5.92 Å². The van der Waals surface area contributed by atoms with E-state index in [-0.39, 0.29) is 18.7 Å². The Balaban J connectivity index is 1.20. The number of carboxylic acid groups (broad SMARTS) is 1.